The largest absolute Gasteiger partial charge is 0.495 e. The maximum absolute atomic E-state index is 11.9. The molecule has 0 aliphatic carbocycles. The molecule has 1 fully saturated rings. The molecule has 1 amide bonds. The number of hydrogen-bond acceptors (Lipinski definition) is 4. The van der Waals surface area contributed by atoms with Crippen molar-refractivity contribution >= 4 is 35.6 Å². The van der Waals surface area contributed by atoms with Gasteiger partial charge in [-0.15, -0.1) is 12.4 Å². The number of hydrogen-bond donors (Lipinski definition) is 2. The minimum Gasteiger partial charge on any atom is -0.495 e. The van der Waals surface area contributed by atoms with Crippen LogP contribution in [0, 0.1) is 0 Å². The third kappa shape index (κ3) is 4.24. The van der Waals surface area contributed by atoms with Crippen molar-refractivity contribution in [1.29, 1.82) is 0 Å². The van der Waals surface area contributed by atoms with Crippen LogP contribution in [0.15, 0.2) is 18.2 Å². The summed E-state index contributed by atoms with van der Waals surface area (Å²) in [4.78, 5) is 13.9. The standard InChI is InChI=1S/C13H18ClN3O2.ClH/c1-17(10-6-15-7-10)8-13(18)16-9-3-4-12(19-2)11(14)5-9;/h3-5,10,15H,6-8H2,1-2H3,(H,16,18);1H. The van der Waals surface area contributed by atoms with Crippen LogP contribution in [0.4, 0.5) is 5.69 Å². The van der Waals surface area contributed by atoms with E-state index in [0.717, 1.165) is 13.1 Å². The summed E-state index contributed by atoms with van der Waals surface area (Å²) in [7, 11) is 3.51. The zero-order chi connectivity index (χ0) is 13.8. The summed E-state index contributed by atoms with van der Waals surface area (Å²) in [5.41, 5.74) is 0.677. The number of methoxy groups -OCH3 is 1. The lowest BCUT2D eigenvalue weighted by Crippen LogP contribution is -2.57. The second-order valence-corrected chi connectivity index (χ2v) is 5.03. The number of nitrogens with one attached hydrogen (secondary N) is 2. The van der Waals surface area contributed by atoms with Gasteiger partial charge in [0.25, 0.3) is 0 Å². The molecule has 1 aliphatic heterocycles. The van der Waals surface area contributed by atoms with Crippen LogP contribution in [0.25, 0.3) is 0 Å². The van der Waals surface area contributed by atoms with Gasteiger partial charge < -0.3 is 15.4 Å². The third-order valence-electron chi connectivity index (χ3n) is 3.21. The number of carbonyl (C=O) groups is 1. The van der Waals surface area contributed by atoms with Crippen LogP contribution in [0.3, 0.4) is 0 Å². The van der Waals surface area contributed by atoms with Gasteiger partial charge in [0.2, 0.25) is 5.91 Å². The fourth-order valence-electron chi connectivity index (χ4n) is 1.89. The summed E-state index contributed by atoms with van der Waals surface area (Å²) in [5.74, 6) is 0.549. The summed E-state index contributed by atoms with van der Waals surface area (Å²) in [5, 5.41) is 6.49. The fourth-order valence-corrected chi connectivity index (χ4v) is 2.14. The number of rotatable bonds is 5. The minimum absolute atomic E-state index is 0. The highest BCUT2D eigenvalue weighted by atomic mass is 35.5. The van der Waals surface area contributed by atoms with Crippen molar-refractivity contribution in [1.82, 2.24) is 10.2 Å². The van der Waals surface area contributed by atoms with Crippen LogP contribution in [0.1, 0.15) is 0 Å². The summed E-state index contributed by atoms with van der Waals surface area (Å²) in [6.07, 6.45) is 0. The maximum Gasteiger partial charge on any atom is 0.238 e. The van der Waals surface area contributed by atoms with E-state index in [2.05, 4.69) is 10.6 Å². The van der Waals surface area contributed by atoms with Crippen LogP contribution in [0.5, 0.6) is 5.75 Å². The molecule has 1 heterocycles. The van der Waals surface area contributed by atoms with E-state index in [9.17, 15) is 4.79 Å². The highest BCUT2D eigenvalue weighted by Crippen LogP contribution is 2.27. The van der Waals surface area contributed by atoms with Gasteiger partial charge in [0, 0.05) is 24.8 Å². The molecule has 2 N–H and O–H groups in total. The van der Waals surface area contributed by atoms with Gasteiger partial charge in [-0.1, -0.05) is 11.6 Å². The number of benzene rings is 1. The highest BCUT2D eigenvalue weighted by Gasteiger charge is 2.22. The molecule has 112 valence electrons. The molecular weight excluding hydrogens is 301 g/mol. The first-order chi connectivity index (χ1) is 9.10. The van der Waals surface area contributed by atoms with E-state index < -0.39 is 0 Å². The summed E-state index contributed by atoms with van der Waals surface area (Å²) < 4.78 is 5.06. The van der Waals surface area contributed by atoms with E-state index in [4.69, 9.17) is 16.3 Å². The van der Waals surface area contributed by atoms with Crippen molar-refractivity contribution in [3.8, 4) is 5.75 Å². The number of halogens is 2. The van der Waals surface area contributed by atoms with E-state index in [1.807, 2.05) is 11.9 Å². The van der Waals surface area contributed by atoms with Gasteiger partial charge in [-0.3, -0.25) is 9.69 Å². The molecule has 1 saturated heterocycles. The molecule has 0 saturated carbocycles. The number of nitrogens with zero attached hydrogens (tertiary/aromatic N) is 1. The van der Waals surface area contributed by atoms with Crippen molar-refractivity contribution in [3.05, 3.63) is 23.2 Å². The maximum atomic E-state index is 11.9. The van der Waals surface area contributed by atoms with Gasteiger partial charge in [0.15, 0.2) is 0 Å². The Hall–Kier alpha value is -1.01. The van der Waals surface area contributed by atoms with Gasteiger partial charge in [0.1, 0.15) is 5.75 Å². The van der Waals surface area contributed by atoms with Crippen LogP contribution in [0.2, 0.25) is 5.02 Å². The number of carbonyl (C=O) groups excluding carboxylic acids is 1. The van der Waals surface area contributed by atoms with Crippen molar-refractivity contribution in [2.24, 2.45) is 0 Å². The topological polar surface area (TPSA) is 53.6 Å². The van der Waals surface area contributed by atoms with Crippen LogP contribution in [-0.4, -0.2) is 50.6 Å². The SMILES string of the molecule is COc1ccc(NC(=O)CN(C)C2CNC2)cc1Cl.Cl. The summed E-state index contributed by atoms with van der Waals surface area (Å²) in [6.45, 7) is 2.26. The van der Waals surface area contributed by atoms with Crippen LogP contribution >= 0.6 is 24.0 Å². The Morgan fingerprint density at radius 2 is 2.25 bits per heavy atom. The van der Waals surface area contributed by atoms with E-state index in [0.29, 0.717) is 29.0 Å². The van der Waals surface area contributed by atoms with Crippen molar-refractivity contribution in [2.45, 2.75) is 6.04 Å². The molecule has 7 heteroatoms. The van der Waals surface area contributed by atoms with E-state index >= 15 is 0 Å². The average Bonchev–Trinajstić information content (AvgIpc) is 2.26. The number of anilines is 1. The summed E-state index contributed by atoms with van der Waals surface area (Å²) in [6, 6.07) is 5.64. The predicted octanol–water partition coefficient (Wildman–Crippen LogP) is 1.61. The lowest BCUT2D eigenvalue weighted by molar-refractivity contribution is -0.117. The first-order valence-corrected chi connectivity index (χ1v) is 6.52. The Morgan fingerprint density at radius 1 is 1.55 bits per heavy atom. The van der Waals surface area contributed by atoms with Crippen molar-refractivity contribution in [3.63, 3.8) is 0 Å². The van der Waals surface area contributed by atoms with Gasteiger partial charge >= 0.3 is 0 Å². The van der Waals surface area contributed by atoms with Gasteiger partial charge in [0.05, 0.1) is 18.7 Å². The Kier molecular flexibility index (Phi) is 6.55. The third-order valence-corrected chi connectivity index (χ3v) is 3.51. The number of likely N-dealkylation sites (N-methyl/N-ethyl adjacent to an activating group) is 1. The molecule has 1 aromatic carbocycles. The van der Waals surface area contributed by atoms with Crippen LogP contribution in [-0.2, 0) is 4.79 Å². The van der Waals surface area contributed by atoms with Gasteiger partial charge in [-0.2, -0.15) is 0 Å². The van der Waals surface area contributed by atoms with Crippen molar-refractivity contribution in [2.75, 3.05) is 39.1 Å². The fraction of sp³-hybridized carbons (Fsp3) is 0.462. The molecule has 5 nitrogen and oxygen atoms in total. The Balaban J connectivity index is 0.00000200. The summed E-state index contributed by atoms with van der Waals surface area (Å²) >= 11 is 6.01. The predicted molar refractivity (Wildman–Crippen MR) is 83.2 cm³/mol. The van der Waals surface area contributed by atoms with Crippen LogP contribution < -0.4 is 15.4 Å². The molecule has 0 radical (unpaired) electrons. The first-order valence-electron chi connectivity index (χ1n) is 6.14. The molecule has 0 bridgehead atoms. The molecular formula is C13H19Cl2N3O2. The Morgan fingerprint density at radius 3 is 2.75 bits per heavy atom. The first kappa shape index (κ1) is 17.0. The Bertz CT molecular complexity index is 467. The lowest BCUT2D eigenvalue weighted by atomic mass is 10.1. The lowest BCUT2D eigenvalue weighted by Gasteiger charge is -2.35. The van der Waals surface area contributed by atoms with E-state index in [1.54, 1.807) is 25.3 Å². The second-order valence-electron chi connectivity index (χ2n) is 4.62. The Labute approximate surface area is 130 Å². The molecule has 2 rings (SSSR count). The van der Waals surface area contributed by atoms with Gasteiger partial charge in [-0.25, -0.2) is 0 Å². The average molecular weight is 320 g/mol. The quantitative estimate of drug-likeness (QED) is 0.866. The zero-order valence-corrected chi connectivity index (χ0v) is 13.1. The monoisotopic (exact) mass is 319 g/mol. The molecule has 0 aromatic heterocycles. The minimum atomic E-state index is -0.0457. The normalized spacial score (nSPS) is 14.4. The molecule has 0 atom stereocenters. The molecule has 1 aromatic rings. The van der Waals surface area contributed by atoms with E-state index in [-0.39, 0.29) is 18.3 Å². The van der Waals surface area contributed by atoms with E-state index in [1.165, 1.54) is 0 Å². The highest BCUT2D eigenvalue weighted by molar-refractivity contribution is 6.32. The zero-order valence-electron chi connectivity index (χ0n) is 11.5. The molecule has 20 heavy (non-hydrogen) atoms. The smallest absolute Gasteiger partial charge is 0.238 e. The number of amides is 1. The number of ether oxygens (including phenoxy) is 1. The van der Waals surface area contributed by atoms with Gasteiger partial charge in [-0.05, 0) is 25.2 Å². The molecule has 0 spiro atoms. The van der Waals surface area contributed by atoms with Crippen molar-refractivity contribution < 1.29 is 9.53 Å². The molecule has 1 aliphatic rings. The second kappa shape index (κ2) is 7.69. The molecule has 0 unspecified atom stereocenters.